The van der Waals surface area contributed by atoms with Gasteiger partial charge in [0, 0.05) is 23.4 Å². The van der Waals surface area contributed by atoms with Crippen molar-refractivity contribution in [1.29, 1.82) is 0 Å². The molecule has 0 bridgehead atoms. The summed E-state index contributed by atoms with van der Waals surface area (Å²) in [5, 5.41) is 5.61. The van der Waals surface area contributed by atoms with Crippen molar-refractivity contribution in [3.8, 4) is 45.8 Å². The quantitative estimate of drug-likeness (QED) is 0.265. The molecule has 0 fully saturated rings. The first-order valence-electron chi connectivity index (χ1n) is 12.8. The van der Waals surface area contributed by atoms with Gasteiger partial charge in [-0.05, 0) is 64.9 Å². The van der Waals surface area contributed by atoms with Crippen molar-refractivity contribution in [2.45, 2.75) is 19.3 Å². The molecule has 0 amide bonds. The zero-order valence-corrected chi connectivity index (χ0v) is 23.4. The fourth-order valence-electron chi connectivity index (χ4n) is 5.41. The first-order chi connectivity index (χ1) is 19.0. The summed E-state index contributed by atoms with van der Waals surface area (Å²) < 4.78 is 33.4. The van der Waals surface area contributed by atoms with E-state index in [0.717, 1.165) is 51.0 Å². The molecule has 1 N–H and O–H groups in total. The molecule has 1 aliphatic rings. The summed E-state index contributed by atoms with van der Waals surface area (Å²) >= 11 is 0. The molecule has 8 nitrogen and oxygen atoms in total. The first kappa shape index (κ1) is 26.3. The van der Waals surface area contributed by atoms with Crippen LogP contribution in [0.5, 0.6) is 34.5 Å². The molecular weight excluding hydrogens is 496 g/mol. The van der Waals surface area contributed by atoms with Crippen LogP contribution >= 0.6 is 0 Å². The van der Waals surface area contributed by atoms with Crippen LogP contribution < -0.4 is 33.7 Å². The number of benzene rings is 3. The third-order valence-corrected chi connectivity index (χ3v) is 7.41. The normalized spacial score (nSPS) is 13.5. The highest BCUT2D eigenvalue weighted by atomic mass is 16.5. The number of rotatable bonds is 10. The Hall–Kier alpha value is -4.33. The average molecular weight is 531 g/mol. The predicted octanol–water partition coefficient (Wildman–Crippen LogP) is 6.07. The molecule has 5 rings (SSSR count). The van der Waals surface area contributed by atoms with Gasteiger partial charge in [0.25, 0.3) is 0 Å². The van der Waals surface area contributed by atoms with Crippen molar-refractivity contribution in [3.05, 3.63) is 59.2 Å². The van der Waals surface area contributed by atoms with Gasteiger partial charge in [-0.3, -0.25) is 0 Å². The molecule has 39 heavy (non-hydrogen) atoms. The Labute approximate surface area is 228 Å². The van der Waals surface area contributed by atoms with E-state index in [9.17, 15) is 0 Å². The molecular formula is C31H34N2O6. The third kappa shape index (κ3) is 4.50. The lowest BCUT2D eigenvalue weighted by atomic mass is 9.95. The van der Waals surface area contributed by atoms with Crippen LogP contribution in [0.1, 0.15) is 29.5 Å². The van der Waals surface area contributed by atoms with E-state index in [1.165, 1.54) is 0 Å². The fourth-order valence-corrected chi connectivity index (χ4v) is 5.41. The van der Waals surface area contributed by atoms with Crippen molar-refractivity contribution in [2.24, 2.45) is 0 Å². The van der Waals surface area contributed by atoms with Gasteiger partial charge in [-0.1, -0.05) is 13.0 Å². The van der Waals surface area contributed by atoms with E-state index in [1.54, 1.807) is 42.7 Å². The monoisotopic (exact) mass is 530 g/mol. The number of fused-ring (bicyclic) bond motifs is 5. The van der Waals surface area contributed by atoms with Crippen molar-refractivity contribution in [2.75, 3.05) is 54.5 Å². The lowest BCUT2D eigenvalue weighted by Gasteiger charge is -2.17. The summed E-state index contributed by atoms with van der Waals surface area (Å²) in [7, 11) is 9.88. The maximum atomic E-state index is 5.68. The van der Waals surface area contributed by atoms with Gasteiger partial charge in [0.15, 0.2) is 34.5 Å². The number of nitrogens with zero attached hydrogens (tertiary/aromatic N) is 1. The second kappa shape index (κ2) is 10.8. The average Bonchev–Trinajstić information content (AvgIpc) is 3.25. The van der Waals surface area contributed by atoms with Crippen LogP contribution in [0.4, 0.5) is 5.82 Å². The highest BCUT2D eigenvalue weighted by Crippen LogP contribution is 2.52. The molecule has 8 heteroatoms. The highest BCUT2D eigenvalue weighted by Gasteiger charge is 2.32. The number of aromatic nitrogens is 1. The van der Waals surface area contributed by atoms with Gasteiger partial charge in [-0.2, -0.15) is 0 Å². The number of methoxy groups -OCH3 is 6. The van der Waals surface area contributed by atoms with Crippen LogP contribution in [0, 0.1) is 0 Å². The Morgan fingerprint density at radius 2 is 1.23 bits per heavy atom. The van der Waals surface area contributed by atoms with Gasteiger partial charge in [-0.15, -0.1) is 0 Å². The Morgan fingerprint density at radius 3 is 1.87 bits per heavy atom. The highest BCUT2D eigenvalue weighted by molar-refractivity contribution is 6.02. The van der Waals surface area contributed by atoms with Crippen LogP contribution in [0.2, 0.25) is 0 Å². The zero-order valence-electron chi connectivity index (χ0n) is 23.4. The van der Waals surface area contributed by atoms with E-state index in [4.69, 9.17) is 33.4 Å². The maximum absolute atomic E-state index is 5.68. The Kier molecular flexibility index (Phi) is 7.28. The molecule has 4 aromatic rings. The fraction of sp³-hybridized carbons (Fsp3) is 0.323. The molecule has 1 unspecified atom stereocenters. The van der Waals surface area contributed by atoms with E-state index in [-0.39, 0.29) is 5.92 Å². The smallest absolute Gasteiger partial charge is 0.161 e. The Morgan fingerprint density at radius 1 is 0.667 bits per heavy atom. The minimum atomic E-state index is 0.101. The van der Waals surface area contributed by atoms with Crippen molar-refractivity contribution >= 4 is 16.6 Å². The molecule has 3 aromatic carbocycles. The van der Waals surface area contributed by atoms with Gasteiger partial charge < -0.3 is 33.7 Å². The predicted molar refractivity (Wildman–Crippen MR) is 153 cm³/mol. The number of pyridine rings is 1. The molecule has 0 aliphatic heterocycles. The zero-order chi connectivity index (χ0) is 27.7. The summed E-state index contributed by atoms with van der Waals surface area (Å²) in [5.41, 5.74) is 5.37. The van der Waals surface area contributed by atoms with E-state index in [0.29, 0.717) is 41.0 Å². The molecule has 1 atom stereocenters. The summed E-state index contributed by atoms with van der Waals surface area (Å²) in [5.74, 6) is 5.00. The van der Waals surface area contributed by atoms with Gasteiger partial charge in [0.2, 0.25) is 0 Å². The summed E-state index contributed by atoms with van der Waals surface area (Å²) in [6.45, 7) is 2.86. The molecule has 1 aromatic heterocycles. The summed E-state index contributed by atoms with van der Waals surface area (Å²) in [4.78, 5) is 5.18. The van der Waals surface area contributed by atoms with E-state index in [1.807, 2.05) is 36.4 Å². The molecule has 1 aliphatic carbocycles. The first-order valence-corrected chi connectivity index (χ1v) is 12.8. The number of hydrogen-bond acceptors (Lipinski definition) is 8. The van der Waals surface area contributed by atoms with E-state index < -0.39 is 0 Å². The Balaban J connectivity index is 1.60. The van der Waals surface area contributed by atoms with Crippen molar-refractivity contribution in [1.82, 2.24) is 4.98 Å². The molecule has 0 spiro atoms. The second-order valence-corrected chi connectivity index (χ2v) is 9.36. The number of nitrogens with one attached hydrogen (secondary N) is 1. The molecule has 0 saturated heterocycles. The standard InChI is InChI=1S/C31H34N2O6/c1-17-19-13-25(36-4)27(38-6)15-21(19)30-29(17)20-14-26(37-5)28(39-7)16-22(20)31(33-30)32-11-10-18-8-9-23(34-2)24(12-18)35-3/h8-9,12-17H,10-11H2,1-7H3,(H,32,33). The lowest BCUT2D eigenvalue weighted by Crippen LogP contribution is -2.08. The third-order valence-electron chi connectivity index (χ3n) is 7.41. The van der Waals surface area contributed by atoms with Gasteiger partial charge >= 0.3 is 0 Å². The van der Waals surface area contributed by atoms with E-state index >= 15 is 0 Å². The molecule has 0 saturated carbocycles. The summed E-state index contributed by atoms with van der Waals surface area (Å²) in [6.07, 6.45) is 0.770. The SMILES string of the molecule is COc1ccc(CCNc2nc3c(c4cc(OC)c(OC)cc24)C(C)c2cc(OC)c(OC)cc2-3)cc1OC. The van der Waals surface area contributed by atoms with Crippen molar-refractivity contribution in [3.63, 3.8) is 0 Å². The largest absolute Gasteiger partial charge is 0.493 e. The number of hydrogen-bond donors (Lipinski definition) is 1. The minimum Gasteiger partial charge on any atom is -0.493 e. The molecule has 0 radical (unpaired) electrons. The molecule has 1 heterocycles. The van der Waals surface area contributed by atoms with Crippen LogP contribution in [0.15, 0.2) is 42.5 Å². The van der Waals surface area contributed by atoms with Gasteiger partial charge in [0.05, 0.1) is 48.4 Å². The second-order valence-electron chi connectivity index (χ2n) is 9.36. The van der Waals surface area contributed by atoms with Crippen LogP contribution in [-0.4, -0.2) is 54.2 Å². The van der Waals surface area contributed by atoms with Crippen LogP contribution in [0.25, 0.3) is 22.0 Å². The minimum absolute atomic E-state index is 0.101. The number of ether oxygens (including phenoxy) is 6. The Bertz CT molecular complexity index is 1530. The van der Waals surface area contributed by atoms with Crippen LogP contribution in [0.3, 0.4) is 0 Å². The summed E-state index contributed by atoms with van der Waals surface area (Å²) in [6, 6.07) is 14.1. The van der Waals surface area contributed by atoms with E-state index in [2.05, 4.69) is 18.3 Å². The topological polar surface area (TPSA) is 80.3 Å². The van der Waals surface area contributed by atoms with Gasteiger partial charge in [-0.25, -0.2) is 4.98 Å². The number of anilines is 1. The van der Waals surface area contributed by atoms with Gasteiger partial charge in [0.1, 0.15) is 5.82 Å². The van der Waals surface area contributed by atoms with Crippen molar-refractivity contribution < 1.29 is 28.4 Å². The maximum Gasteiger partial charge on any atom is 0.161 e. The lowest BCUT2D eigenvalue weighted by molar-refractivity contribution is 0.354. The molecule has 204 valence electrons. The van der Waals surface area contributed by atoms with Crippen LogP contribution in [-0.2, 0) is 6.42 Å².